The summed E-state index contributed by atoms with van der Waals surface area (Å²) >= 11 is 0. The first-order valence-electron chi connectivity index (χ1n) is 7.55. The first-order valence-corrected chi connectivity index (χ1v) is 7.55. The quantitative estimate of drug-likeness (QED) is 0.527. The number of nitriles is 1. The number of aromatic nitrogens is 3. The Morgan fingerprint density at radius 1 is 1.20 bits per heavy atom. The van der Waals surface area contributed by atoms with E-state index in [0.717, 1.165) is 11.3 Å². The van der Waals surface area contributed by atoms with Crippen molar-refractivity contribution in [3.05, 3.63) is 72.3 Å². The second kappa shape index (κ2) is 7.27. The minimum Gasteiger partial charge on any atom is -0.427 e. The normalized spacial score (nSPS) is 10.1. The van der Waals surface area contributed by atoms with E-state index in [9.17, 15) is 4.79 Å². The van der Waals surface area contributed by atoms with E-state index in [0.29, 0.717) is 17.9 Å². The van der Waals surface area contributed by atoms with E-state index in [1.807, 2.05) is 35.3 Å². The second-order valence-corrected chi connectivity index (χ2v) is 5.30. The zero-order valence-electron chi connectivity index (χ0n) is 13.5. The fraction of sp³-hybridized carbons (Fsp3) is 0.111. The highest BCUT2D eigenvalue weighted by atomic mass is 16.5. The monoisotopic (exact) mass is 333 g/mol. The molecule has 0 fully saturated rings. The third-order valence-corrected chi connectivity index (χ3v) is 3.47. The molecule has 25 heavy (non-hydrogen) atoms. The summed E-state index contributed by atoms with van der Waals surface area (Å²) in [5, 5.41) is 18.6. The molecule has 0 saturated carbocycles. The van der Waals surface area contributed by atoms with Crippen LogP contribution in [0.3, 0.4) is 0 Å². The van der Waals surface area contributed by atoms with Crippen molar-refractivity contribution >= 4 is 11.7 Å². The Labute approximate surface area is 144 Å². The van der Waals surface area contributed by atoms with Crippen molar-refractivity contribution in [3.63, 3.8) is 0 Å². The Hall–Kier alpha value is -3.66. The van der Waals surface area contributed by atoms with Gasteiger partial charge >= 0.3 is 5.97 Å². The second-order valence-electron chi connectivity index (χ2n) is 5.30. The molecule has 2 aromatic carbocycles. The molecule has 1 heterocycles. The van der Waals surface area contributed by atoms with Crippen LogP contribution >= 0.6 is 0 Å². The van der Waals surface area contributed by atoms with Crippen LogP contribution < -0.4 is 9.75 Å². The maximum atomic E-state index is 11.1. The molecule has 1 aromatic heterocycles. The maximum absolute atomic E-state index is 11.1. The minimum atomic E-state index is -0.361. The molecule has 0 spiro atoms. The first-order chi connectivity index (χ1) is 12.2. The molecule has 0 aliphatic heterocycles. The topological polar surface area (TPSA) is 84.0 Å². The van der Waals surface area contributed by atoms with Gasteiger partial charge < -0.3 is 4.74 Å². The van der Waals surface area contributed by atoms with Gasteiger partial charge in [-0.25, -0.2) is 4.68 Å². The molecule has 0 N–H and O–H groups in total. The van der Waals surface area contributed by atoms with Gasteiger partial charge in [-0.05, 0) is 42.0 Å². The van der Waals surface area contributed by atoms with Crippen LogP contribution in [-0.2, 0) is 11.3 Å². The molecule has 0 atom stereocenters. The predicted octanol–water partition coefficient (Wildman–Crippen LogP) is 2.54. The lowest BCUT2D eigenvalue weighted by molar-refractivity contribution is -0.131. The third-order valence-electron chi connectivity index (χ3n) is 3.47. The molecule has 3 rings (SSSR count). The maximum Gasteiger partial charge on any atom is 0.308 e. The average Bonchev–Trinajstić information content (AvgIpc) is 3.14. The highest BCUT2D eigenvalue weighted by Gasteiger charge is 2.11. The molecule has 3 aromatic rings. The van der Waals surface area contributed by atoms with Crippen LogP contribution in [0.5, 0.6) is 5.75 Å². The molecule has 0 amide bonds. The zero-order valence-corrected chi connectivity index (χ0v) is 13.5. The van der Waals surface area contributed by atoms with Crippen molar-refractivity contribution in [2.75, 3.05) is 5.01 Å². The summed E-state index contributed by atoms with van der Waals surface area (Å²) in [6, 6.07) is 16.6. The predicted molar refractivity (Wildman–Crippen MR) is 90.5 cm³/mol. The largest absolute Gasteiger partial charge is 0.427 e. The molecule has 0 unspecified atom stereocenters. The van der Waals surface area contributed by atoms with Gasteiger partial charge in [-0.1, -0.05) is 12.1 Å². The highest BCUT2D eigenvalue weighted by Crippen LogP contribution is 2.21. The number of hydrogen-bond donors (Lipinski definition) is 0. The lowest BCUT2D eigenvalue weighted by atomic mass is 10.2. The highest BCUT2D eigenvalue weighted by molar-refractivity contribution is 5.69. The number of carbonyl (C=O) groups excluding carboxylic acids is 1. The van der Waals surface area contributed by atoms with Gasteiger partial charge in [0.15, 0.2) is 0 Å². The van der Waals surface area contributed by atoms with E-state index in [4.69, 9.17) is 10.00 Å². The van der Waals surface area contributed by atoms with Crippen LogP contribution in [0, 0.1) is 11.3 Å². The average molecular weight is 333 g/mol. The van der Waals surface area contributed by atoms with Gasteiger partial charge in [0.05, 0.1) is 23.9 Å². The molecule has 0 radical (unpaired) electrons. The minimum absolute atomic E-state index is 0.361. The van der Waals surface area contributed by atoms with Crippen molar-refractivity contribution in [1.29, 1.82) is 5.26 Å². The lowest BCUT2D eigenvalue weighted by Gasteiger charge is -2.25. The Balaban J connectivity index is 1.91. The summed E-state index contributed by atoms with van der Waals surface area (Å²) in [4.78, 5) is 11.1. The van der Waals surface area contributed by atoms with Gasteiger partial charge in [-0.2, -0.15) is 5.26 Å². The van der Waals surface area contributed by atoms with Crippen LogP contribution in [0.15, 0.2) is 61.2 Å². The molecular weight excluding hydrogens is 318 g/mol. The van der Waals surface area contributed by atoms with Gasteiger partial charge in [0.25, 0.3) is 0 Å². The number of carbonyl (C=O) groups is 1. The van der Waals surface area contributed by atoms with Crippen LogP contribution in [0.25, 0.3) is 0 Å². The summed E-state index contributed by atoms with van der Waals surface area (Å²) in [5.41, 5.74) is 2.40. The number of ether oxygens (including phenoxy) is 1. The molecule has 7 nitrogen and oxygen atoms in total. The zero-order chi connectivity index (χ0) is 17.6. The Kier molecular flexibility index (Phi) is 4.72. The molecular formula is C18H15N5O2. The molecule has 0 aliphatic rings. The van der Waals surface area contributed by atoms with Crippen LogP contribution in [-0.4, -0.2) is 20.8 Å². The lowest BCUT2D eigenvalue weighted by Crippen LogP contribution is -2.27. The number of hydrogen-bond acceptors (Lipinski definition) is 6. The van der Waals surface area contributed by atoms with Crippen molar-refractivity contribution in [2.45, 2.75) is 13.5 Å². The SMILES string of the molecule is CC(=O)Oc1cccc(CN(c2ccc(C#N)cc2)n2cnnc2)c1. The number of esters is 1. The van der Waals surface area contributed by atoms with Gasteiger partial charge in [0, 0.05) is 6.92 Å². The van der Waals surface area contributed by atoms with Gasteiger partial charge in [-0.3, -0.25) is 9.80 Å². The summed E-state index contributed by atoms with van der Waals surface area (Å²) in [7, 11) is 0. The van der Waals surface area contributed by atoms with Crippen molar-refractivity contribution in [1.82, 2.24) is 14.9 Å². The molecule has 124 valence electrons. The Morgan fingerprint density at radius 3 is 2.56 bits per heavy atom. The van der Waals surface area contributed by atoms with E-state index in [2.05, 4.69) is 16.3 Å². The van der Waals surface area contributed by atoms with Gasteiger partial charge in [-0.15, -0.1) is 10.2 Å². The van der Waals surface area contributed by atoms with Crippen LogP contribution in [0.1, 0.15) is 18.1 Å². The third kappa shape index (κ3) is 4.00. The van der Waals surface area contributed by atoms with E-state index in [1.54, 1.807) is 35.5 Å². The van der Waals surface area contributed by atoms with E-state index in [-0.39, 0.29) is 5.97 Å². The molecule has 0 saturated heterocycles. The van der Waals surface area contributed by atoms with Gasteiger partial charge in [0.1, 0.15) is 18.4 Å². The summed E-state index contributed by atoms with van der Waals surface area (Å²) < 4.78 is 6.89. The van der Waals surface area contributed by atoms with Crippen molar-refractivity contribution in [3.8, 4) is 11.8 Å². The van der Waals surface area contributed by atoms with E-state index in [1.165, 1.54) is 6.92 Å². The standard InChI is InChI=1S/C18H15N5O2/c1-14(24)25-18-4-2-3-16(9-18)11-23(22-12-20-21-13-22)17-7-5-15(10-19)6-8-17/h2-9,12-13H,11H2,1H3. The van der Waals surface area contributed by atoms with Crippen LogP contribution in [0.2, 0.25) is 0 Å². The number of nitrogens with zero attached hydrogens (tertiary/aromatic N) is 5. The van der Waals surface area contributed by atoms with Crippen molar-refractivity contribution in [2.24, 2.45) is 0 Å². The Morgan fingerprint density at radius 2 is 1.92 bits per heavy atom. The number of benzene rings is 2. The summed E-state index contributed by atoms with van der Waals surface area (Å²) in [6.45, 7) is 1.87. The van der Waals surface area contributed by atoms with E-state index < -0.39 is 0 Å². The van der Waals surface area contributed by atoms with Crippen molar-refractivity contribution < 1.29 is 9.53 Å². The Bertz CT molecular complexity index is 898. The fourth-order valence-corrected chi connectivity index (χ4v) is 2.38. The fourth-order valence-electron chi connectivity index (χ4n) is 2.38. The first kappa shape index (κ1) is 16.2. The summed E-state index contributed by atoms with van der Waals surface area (Å²) in [5.74, 6) is 0.133. The smallest absolute Gasteiger partial charge is 0.308 e. The molecule has 0 bridgehead atoms. The number of anilines is 1. The van der Waals surface area contributed by atoms with E-state index >= 15 is 0 Å². The molecule has 0 aliphatic carbocycles. The van der Waals surface area contributed by atoms with Gasteiger partial charge in [0.2, 0.25) is 0 Å². The molecule has 7 heteroatoms. The van der Waals surface area contributed by atoms with Crippen LogP contribution in [0.4, 0.5) is 5.69 Å². The summed E-state index contributed by atoms with van der Waals surface area (Å²) in [6.07, 6.45) is 3.18. The number of rotatable bonds is 5.